The summed E-state index contributed by atoms with van der Waals surface area (Å²) in [6, 6.07) is 3.04. The summed E-state index contributed by atoms with van der Waals surface area (Å²) in [5.74, 6) is -0.905. The zero-order chi connectivity index (χ0) is 21.1. The van der Waals surface area contributed by atoms with Crippen molar-refractivity contribution in [3.05, 3.63) is 39.2 Å². The van der Waals surface area contributed by atoms with Crippen LogP contribution < -0.4 is 0 Å². The van der Waals surface area contributed by atoms with E-state index in [0.717, 1.165) is 6.07 Å². The molecule has 6 nitrogen and oxygen atoms in total. The summed E-state index contributed by atoms with van der Waals surface area (Å²) in [5.41, 5.74) is 7.44. The van der Waals surface area contributed by atoms with Gasteiger partial charge in [0.25, 0.3) is 0 Å². The molecule has 0 saturated carbocycles. The fourth-order valence-corrected chi connectivity index (χ4v) is 4.54. The van der Waals surface area contributed by atoms with Gasteiger partial charge in [-0.2, -0.15) is 13.2 Å². The van der Waals surface area contributed by atoms with Gasteiger partial charge < -0.3 is 9.47 Å². The molecule has 2 rings (SSSR count). The van der Waals surface area contributed by atoms with E-state index in [-0.39, 0.29) is 18.4 Å². The third-order valence-electron chi connectivity index (χ3n) is 4.54. The van der Waals surface area contributed by atoms with Crippen LogP contribution in [0.3, 0.4) is 0 Å². The van der Waals surface area contributed by atoms with E-state index < -0.39 is 40.3 Å². The number of benzene rings is 1. The molecule has 1 fully saturated rings. The zero-order valence-corrected chi connectivity index (χ0v) is 16.9. The maximum Gasteiger partial charge on any atom is 0.417 e. The predicted molar refractivity (Wildman–Crippen MR) is 98.9 cm³/mol. The van der Waals surface area contributed by atoms with Crippen LogP contribution in [0, 0.1) is 11.8 Å². The molecule has 0 aromatic heterocycles. The first-order valence-corrected chi connectivity index (χ1v) is 9.66. The Morgan fingerprint density at radius 2 is 2.07 bits per heavy atom. The Morgan fingerprint density at radius 1 is 1.39 bits per heavy atom. The Hall–Kier alpha value is -1.61. The monoisotopic (exact) mass is 437 g/mol. The minimum Gasteiger partial charge on any atom is -0.463 e. The number of carbonyl (C=O) groups excluding carboxylic acids is 1. The van der Waals surface area contributed by atoms with Crippen molar-refractivity contribution in [2.24, 2.45) is 17.0 Å². The molecule has 1 aliphatic rings. The van der Waals surface area contributed by atoms with Crippen molar-refractivity contribution in [1.29, 1.82) is 0 Å². The van der Waals surface area contributed by atoms with E-state index in [1.54, 1.807) is 0 Å². The molecule has 2 unspecified atom stereocenters. The second-order valence-corrected chi connectivity index (χ2v) is 8.10. The van der Waals surface area contributed by atoms with Gasteiger partial charge in [0.1, 0.15) is 12.0 Å². The first kappa shape index (κ1) is 22.7. The van der Waals surface area contributed by atoms with Gasteiger partial charge in [-0.3, -0.25) is 4.79 Å². The number of esters is 1. The second-order valence-electron chi connectivity index (χ2n) is 6.52. The number of hydrogen-bond donors (Lipinski definition) is 0. The van der Waals surface area contributed by atoms with Crippen molar-refractivity contribution in [2.75, 3.05) is 6.61 Å². The third-order valence-corrected chi connectivity index (χ3v) is 6.15. The van der Waals surface area contributed by atoms with Crippen LogP contribution in [0.25, 0.3) is 10.4 Å². The topological polar surface area (TPSA) is 84.3 Å². The van der Waals surface area contributed by atoms with Crippen LogP contribution in [-0.2, 0) is 20.4 Å². The molecular weight excluding hydrogens is 419 g/mol. The van der Waals surface area contributed by atoms with Crippen LogP contribution in [0.5, 0.6) is 0 Å². The number of thioether (sulfide) groups is 1. The molecule has 1 aromatic rings. The van der Waals surface area contributed by atoms with Crippen molar-refractivity contribution in [3.63, 3.8) is 0 Å². The first-order valence-electron chi connectivity index (χ1n) is 8.41. The predicted octanol–water partition coefficient (Wildman–Crippen LogP) is 5.69. The van der Waals surface area contributed by atoms with Crippen molar-refractivity contribution in [3.8, 4) is 0 Å². The summed E-state index contributed by atoms with van der Waals surface area (Å²) in [6.45, 7) is 4.93. The van der Waals surface area contributed by atoms with Crippen molar-refractivity contribution < 1.29 is 27.4 Å². The van der Waals surface area contributed by atoms with Crippen LogP contribution in [0.15, 0.2) is 28.2 Å². The number of alkyl halides is 3. The molecule has 154 valence electrons. The first-order chi connectivity index (χ1) is 13.0. The van der Waals surface area contributed by atoms with Crippen LogP contribution in [0.1, 0.15) is 26.3 Å². The molecule has 0 N–H and O–H groups in total. The lowest BCUT2D eigenvalue weighted by Gasteiger charge is -2.42. The van der Waals surface area contributed by atoms with E-state index in [9.17, 15) is 18.0 Å². The molecular formula is C17H19ClF3N3O3S. The van der Waals surface area contributed by atoms with Gasteiger partial charge in [-0.05, 0) is 29.6 Å². The Bertz CT molecular complexity index is 774. The van der Waals surface area contributed by atoms with E-state index in [2.05, 4.69) is 10.0 Å². The van der Waals surface area contributed by atoms with Crippen LogP contribution in [-0.4, -0.2) is 30.2 Å². The normalized spacial score (nSPS) is 27.8. The lowest BCUT2D eigenvalue weighted by molar-refractivity contribution is -0.153. The number of halogens is 4. The Labute approximate surface area is 169 Å². The number of nitrogens with zero attached hydrogens (tertiary/aromatic N) is 3. The summed E-state index contributed by atoms with van der Waals surface area (Å²) in [6.07, 6.45) is -5.05. The molecule has 28 heavy (non-hydrogen) atoms. The lowest BCUT2D eigenvalue weighted by atomic mass is 9.85. The second kappa shape index (κ2) is 9.26. The molecule has 11 heteroatoms. The quantitative estimate of drug-likeness (QED) is 0.256. The lowest BCUT2D eigenvalue weighted by Crippen LogP contribution is -2.48. The number of rotatable bonds is 5. The molecule has 1 saturated heterocycles. The molecule has 0 radical (unpaired) electrons. The fourth-order valence-electron chi connectivity index (χ4n) is 3.01. The Morgan fingerprint density at radius 3 is 2.61 bits per heavy atom. The van der Waals surface area contributed by atoms with Gasteiger partial charge in [0.05, 0.1) is 16.7 Å². The zero-order valence-electron chi connectivity index (χ0n) is 15.3. The summed E-state index contributed by atoms with van der Waals surface area (Å²) < 4.78 is 49.7. The van der Waals surface area contributed by atoms with E-state index in [1.807, 2.05) is 13.8 Å². The average molecular weight is 438 g/mol. The average Bonchev–Trinajstić information content (AvgIpc) is 2.58. The van der Waals surface area contributed by atoms with Gasteiger partial charge in [-0.1, -0.05) is 42.3 Å². The van der Waals surface area contributed by atoms with Crippen molar-refractivity contribution in [2.45, 2.75) is 49.4 Å². The van der Waals surface area contributed by atoms with E-state index in [1.165, 1.54) is 30.8 Å². The maximum absolute atomic E-state index is 12.9. The van der Waals surface area contributed by atoms with Gasteiger partial charge in [-0.25, -0.2) is 0 Å². The summed E-state index contributed by atoms with van der Waals surface area (Å²) in [4.78, 5) is 14.5. The van der Waals surface area contributed by atoms with Gasteiger partial charge >= 0.3 is 12.1 Å². The SMILES string of the molecule is CC(=O)OCC1O[C@H](Sc2ccc(C(F)(F)F)c(Cl)c2)C(C)[C@@H](N=[N+]=[N-])[C@H]1C. The Balaban J connectivity index is 2.23. The molecule has 0 amide bonds. The maximum atomic E-state index is 12.9. The highest BCUT2D eigenvalue weighted by Crippen LogP contribution is 2.42. The van der Waals surface area contributed by atoms with Crippen LogP contribution >= 0.6 is 23.4 Å². The van der Waals surface area contributed by atoms with Crippen molar-refractivity contribution >= 4 is 29.3 Å². The minimum atomic E-state index is -4.54. The van der Waals surface area contributed by atoms with Gasteiger partial charge in [0, 0.05) is 28.7 Å². The molecule has 0 spiro atoms. The van der Waals surface area contributed by atoms with Crippen LogP contribution in [0.4, 0.5) is 13.2 Å². The van der Waals surface area contributed by atoms with E-state index in [4.69, 9.17) is 26.6 Å². The van der Waals surface area contributed by atoms with E-state index >= 15 is 0 Å². The molecule has 1 heterocycles. The molecule has 0 bridgehead atoms. The molecule has 1 aliphatic heterocycles. The number of hydrogen-bond acceptors (Lipinski definition) is 5. The third kappa shape index (κ3) is 5.47. The highest BCUT2D eigenvalue weighted by atomic mass is 35.5. The smallest absolute Gasteiger partial charge is 0.417 e. The minimum absolute atomic E-state index is 0.00844. The Kier molecular flexibility index (Phi) is 7.50. The highest BCUT2D eigenvalue weighted by Gasteiger charge is 2.42. The molecule has 0 aliphatic carbocycles. The summed E-state index contributed by atoms with van der Waals surface area (Å²) in [5, 5.41) is 3.45. The van der Waals surface area contributed by atoms with E-state index in [0.29, 0.717) is 4.90 Å². The summed E-state index contributed by atoms with van der Waals surface area (Å²) >= 11 is 6.96. The van der Waals surface area contributed by atoms with Crippen LogP contribution in [0.2, 0.25) is 5.02 Å². The largest absolute Gasteiger partial charge is 0.463 e. The van der Waals surface area contributed by atoms with Gasteiger partial charge in [0.2, 0.25) is 0 Å². The molecule has 5 atom stereocenters. The van der Waals surface area contributed by atoms with Gasteiger partial charge in [-0.15, -0.1) is 0 Å². The standard InChI is InChI=1S/C17H19ClF3N3O3S/c1-8-14(7-26-10(3)25)27-16(9(2)15(8)23-24-22)28-11-4-5-12(13(18)6-11)17(19,20)21/h4-6,8-9,14-16H,7H2,1-3H3/t8-,9?,14?,15-,16+/m0/s1. The number of carbonyl (C=O) groups is 1. The summed E-state index contributed by atoms with van der Waals surface area (Å²) in [7, 11) is 0. The highest BCUT2D eigenvalue weighted by molar-refractivity contribution is 7.99. The molecule has 1 aromatic carbocycles. The fraction of sp³-hybridized carbons (Fsp3) is 0.588. The number of azide groups is 1. The van der Waals surface area contributed by atoms with Gasteiger partial charge in [0.15, 0.2) is 0 Å². The number of ether oxygens (including phenoxy) is 2. The van der Waals surface area contributed by atoms with Crippen molar-refractivity contribution in [1.82, 2.24) is 0 Å².